The Morgan fingerprint density at radius 1 is 1.25 bits per heavy atom. The number of rotatable bonds is 1. The van der Waals surface area contributed by atoms with Crippen LogP contribution in [-0.2, 0) is 4.74 Å². The summed E-state index contributed by atoms with van der Waals surface area (Å²) in [6.07, 6.45) is 2.77. The highest BCUT2D eigenvalue weighted by atomic mass is 16.6. The van der Waals surface area contributed by atoms with Crippen LogP contribution in [0.5, 0.6) is 0 Å². The lowest BCUT2D eigenvalue weighted by Crippen LogP contribution is -2.39. The van der Waals surface area contributed by atoms with Crippen LogP contribution in [0.2, 0.25) is 0 Å². The third kappa shape index (κ3) is 3.76. The van der Waals surface area contributed by atoms with Crippen LogP contribution in [0.4, 0.5) is 10.5 Å². The van der Waals surface area contributed by atoms with E-state index in [-0.39, 0.29) is 6.09 Å². The van der Waals surface area contributed by atoms with Crippen LogP contribution in [-0.4, -0.2) is 29.7 Å². The van der Waals surface area contributed by atoms with E-state index >= 15 is 0 Å². The number of ether oxygens (including phenoxy) is 1. The van der Waals surface area contributed by atoms with Crippen LogP contribution in [0.15, 0.2) is 30.3 Å². The number of carbonyl (C=O) groups excluding carboxylic acids is 1. The molecule has 0 saturated carbocycles. The second-order valence-corrected chi connectivity index (χ2v) is 6.04. The summed E-state index contributed by atoms with van der Waals surface area (Å²) in [6.45, 7) is 6.93. The number of nitrogen functional groups attached to an aromatic ring is 1. The Morgan fingerprint density at radius 3 is 2.50 bits per heavy atom. The minimum atomic E-state index is -0.459. The highest BCUT2D eigenvalue weighted by Crippen LogP contribution is 2.23. The van der Waals surface area contributed by atoms with Crippen molar-refractivity contribution in [2.45, 2.75) is 32.8 Å². The molecule has 0 bridgehead atoms. The van der Waals surface area contributed by atoms with E-state index in [9.17, 15) is 4.79 Å². The predicted octanol–water partition coefficient (Wildman–Crippen LogP) is 3.29. The molecule has 1 amide bonds. The maximum absolute atomic E-state index is 12.1. The fourth-order valence-electron chi connectivity index (χ4n) is 2.13. The van der Waals surface area contributed by atoms with Gasteiger partial charge in [-0.25, -0.2) is 4.79 Å². The van der Waals surface area contributed by atoms with Gasteiger partial charge in [0.15, 0.2) is 0 Å². The number of anilines is 1. The first-order valence-corrected chi connectivity index (χ1v) is 6.88. The third-order valence-electron chi connectivity index (χ3n) is 3.08. The summed E-state index contributed by atoms with van der Waals surface area (Å²) in [5.41, 5.74) is 8.23. The molecule has 1 aliphatic heterocycles. The summed E-state index contributed by atoms with van der Waals surface area (Å²) < 4.78 is 5.42. The molecule has 108 valence electrons. The molecule has 0 aliphatic carbocycles. The Labute approximate surface area is 120 Å². The number of nitrogens with two attached hydrogens (primary N) is 1. The average Bonchev–Trinajstić information content (AvgIpc) is 2.38. The van der Waals surface area contributed by atoms with Crippen LogP contribution in [0, 0.1) is 0 Å². The van der Waals surface area contributed by atoms with Gasteiger partial charge in [-0.2, -0.15) is 0 Å². The molecule has 1 aromatic rings. The first-order chi connectivity index (χ1) is 9.35. The molecule has 4 heteroatoms. The largest absolute Gasteiger partial charge is 0.444 e. The molecule has 0 aromatic heterocycles. The summed E-state index contributed by atoms with van der Waals surface area (Å²) >= 11 is 0. The van der Waals surface area contributed by atoms with E-state index in [1.54, 1.807) is 4.90 Å². The number of amides is 1. The fourth-order valence-corrected chi connectivity index (χ4v) is 2.13. The molecule has 0 fully saturated rings. The van der Waals surface area contributed by atoms with Crippen LogP contribution in [0.25, 0.3) is 5.57 Å². The summed E-state index contributed by atoms with van der Waals surface area (Å²) in [5.74, 6) is 0. The molecule has 0 radical (unpaired) electrons. The maximum atomic E-state index is 12.1. The van der Waals surface area contributed by atoms with E-state index in [1.165, 1.54) is 0 Å². The molecule has 2 N–H and O–H groups in total. The molecular weight excluding hydrogens is 252 g/mol. The maximum Gasteiger partial charge on any atom is 0.410 e. The van der Waals surface area contributed by atoms with Crippen LogP contribution < -0.4 is 5.73 Å². The molecular formula is C16H22N2O2. The van der Waals surface area contributed by atoms with Gasteiger partial charge in [-0.3, -0.25) is 0 Å². The smallest absolute Gasteiger partial charge is 0.410 e. The molecule has 0 saturated heterocycles. The van der Waals surface area contributed by atoms with Crippen molar-refractivity contribution in [2.24, 2.45) is 0 Å². The second-order valence-electron chi connectivity index (χ2n) is 6.04. The number of hydrogen-bond donors (Lipinski definition) is 1. The van der Waals surface area contributed by atoms with Crippen molar-refractivity contribution in [1.29, 1.82) is 0 Å². The van der Waals surface area contributed by atoms with E-state index < -0.39 is 5.60 Å². The van der Waals surface area contributed by atoms with Crippen molar-refractivity contribution in [3.8, 4) is 0 Å². The average molecular weight is 274 g/mol. The lowest BCUT2D eigenvalue weighted by molar-refractivity contribution is 0.0273. The Kier molecular flexibility index (Phi) is 4.02. The molecule has 2 rings (SSSR count). The van der Waals surface area contributed by atoms with E-state index in [0.29, 0.717) is 13.1 Å². The molecule has 4 nitrogen and oxygen atoms in total. The van der Waals surface area contributed by atoms with Crippen LogP contribution in [0.1, 0.15) is 32.8 Å². The van der Waals surface area contributed by atoms with Gasteiger partial charge in [-0.05, 0) is 50.5 Å². The quantitative estimate of drug-likeness (QED) is 0.799. The summed E-state index contributed by atoms with van der Waals surface area (Å²) in [7, 11) is 0. The minimum absolute atomic E-state index is 0.251. The zero-order valence-corrected chi connectivity index (χ0v) is 12.3. The topological polar surface area (TPSA) is 55.6 Å². The Morgan fingerprint density at radius 2 is 1.90 bits per heavy atom. The van der Waals surface area contributed by atoms with Gasteiger partial charge in [-0.1, -0.05) is 18.2 Å². The Hall–Kier alpha value is -1.97. The van der Waals surface area contributed by atoms with Crippen LogP contribution >= 0.6 is 0 Å². The fraction of sp³-hybridized carbons (Fsp3) is 0.438. The Balaban J connectivity index is 2.06. The highest BCUT2D eigenvalue weighted by molar-refractivity contribution is 5.75. The second kappa shape index (κ2) is 5.57. The molecule has 0 unspecified atom stereocenters. The van der Waals surface area contributed by atoms with Crippen molar-refractivity contribution < 1.29 is 9.53 Å². The Bertz CT molecular complexity index is 512. The van der Waals surface area contributed by atoms with Crippen molar-refractivity contribution in [3.63, 3.8) is 0 Å². The summed E-state index contributed by atoms with van der Waals surface area (Å²) in [5, 5.41) is 0. The SMILES string of the molecule is CC(C)(C)OC(=O)N1CCC=C(c2ccc(N)cc2)C1. The molecule has 1 heterocycles. The van der Waals surface area contributed by atoms with Gasteiger partial charge in [0.05, 0.1) is 0 Å². The molecule has 0 spiro atoms. The predicted molar refractivity (Wildman–Crippen MR) is 81.3 cm³/mol. The van der Waals surface area contributed by atoms with Gasteiger partial charge in [-0.15, -0.1) is 0 Å². The normalized spacial score (nSPS) is 15.8. The molecule has 1 aromatic carbocycles. The van der Waals surface area contributed by atoms with Crippen molar-refractivity contribution in [1.82, 2.24) is 4.90 Å². The number of benzene rings is 1. The number of carbonyl (C=O) groups is 1. The third-order valence-corrected chi connectivity index (χ3v) is 3.08. The molecule has 0 atom stereocenters. The first kappa shape index (κ1) is 14.4. The zero-order chi connectivity index (χ0) is 14.8. The van der Waals surface area contributed by atoms with Gasteiger partial charge >= 0.3 is 6.09 Å². The van der Waals surface area contributed by atoms with E-state index in [0.717, 1.165) is 23.2 Å². The molecule has 20 heavy (non-hydrogen) atoms. The van der Waals surface area contributed by atoms with Crippen molar-refractivity contribution in [2.75, 3.05) is 18.8 Å². The number of hydrogen-bond acceptors (Lipinski definition) is 3. The monoisotopic (exact) mass is 274 g/mol. The van der Waals surface area contributed by atoms with E-state index in [2.05, 4.69) is 6.08 Å². The van der Waals surface area contributed by atoms with E-state index in [1.807, 2.05) is 45.0 Å². The van der Waals surface area contributed by atoms with Crippen LogP contribution in [0.3, 0.4) is 0 Å². The summed E-state index contributed by atoms with van der Waals surface area (Å²) in [6, 6.07) is 7.73. The zero-order valence-electron chi connectivity index (χ0n) is 12.3. The van der Waals surface area contributed by atoms with Gasteiger partial charge in [0.2, 0.25) is 0 Å². The van der Waals surface area contributed by atoms with Gasteiger partial charge in [0.25, 0.3) is 0 Å². The first-order valence-electron chi connectivity index (χ1n) is 6.88. The summed E-state index contributed by atoms with van der Waals surface area (Å²) in [4.78, 5) is 13.8. The minimum Gasteiger partial charge on any atom is -0.444 e. The lowest BCUT2D eigenvalue weighted by Gasteiger charge is -2.30. The van der Waals surface area contributed by atoms with Gasteiger partial charge in [0.1, 0.15) is 5.60 Å². The van der Waals surface area contributed by atoms with Crippen molar-refractivity contribution >= 4 is 17.4 Å². The standard InChI is InChI=1S/C16H22N2O2/c1-16(2,3)20-15(19)18-10-4-5-13(11-18)12-6-8-14(17)9-7-12/h5-9H,4,10-11,17H2,1-3H3. The van der Waals surface area contributed by atoms with Crippen molar-refractivity contribution in [3.05, 3.63) is 35.9 Å². The highest BCUT2D eigenvalue weighted by Gasteiger charge is 2.24. The van der Waals surface area contributed by atoms with Gasteiger partial charge < -0.3 is 15.4 Å². The van der Waals surface area contributed by atoms with Gasteiger partial charge in [0, 0.05) is 18.8 Å². The lowest BCUT2D eigenvalue weighted by atomic mass is 10.0. The number of nitrogens with zero attached hydrogens (tertiary/aromatic N) is 1. The van der Waals surface area contributed by atoms with E-state index in [4.69, 9.17) is 10.5 Å². The molecule has 1 aliphatic rings.